The van der Waals surface area contributed by atoms with Crippen molar-refractivity contribution in [3.8, 4) is 0 Å². The molecule has 1 aliphatic heterocycles. The Hall–Kier alpha value is -2.38. The van der Waals surface area contributed by atoms with Crippen LogP contribution in [0, 0.1) is 6.92 Å². The van der Waals surface area contributed by atoms with Crippen molar-refractivity contribution in [2.75, 3.05) is 11.9 Å². The largest absolute Gasteiger partial charge is 0.360 e. The number of carbonyl (C=O) groups is 3. The molecule has 22 heavy (non-hydrogen) atoms. The maximum atomic E-state index is 12.4. The molecule has 0 aliphatic carbocycles. The van der Waals surface area contributed by atoms with Crippen LogP contribution >= 0.6 is 0 Å². The third-order valence-corrected chi connectivity index (χ3v) is 3.91. The quantitative estimate of drug-likeness (QED) is 0.773. The molecule has 0 aromatic carbocycles. The van der Waals surface area contributed by atoms with Gasteiger partial charge in [-0.05, 0) is 19.8 Å². The number of amides is 4. The number of nitrogens with zero attached hydrogens (tertiary/aromatic N) is 2. The lowest BCUT2D eigenvalue weighted by molar-refractivity contribution is -0.131. The number of carbonyl (C=O) groups excluding carboxylic acids is 3. The molecule has 8 nitrogen and oxygen atoms in total. The average Bonchev–Trinajstić information content (AvgIpc) is 2.99. The van der Waals surface area contributed by atoms with Crippen LogP contribution in [0.25, 0.3) is 0 Å². The highest BCUT2D eigenvalue weighted by molar-refractivity contribution is 6.07. The second kappa shape index (κ2) is 6.17. The first-order chi connectivity index (χ1) is 10.4. The van der Waals surface area contributed by atoms with E-state index in [1.54, 1.807) is 13.0 Å². The SMILES string of the molecule is CCC1(CC)NC(=O)N(CCC(=O)Nc2cc(C)on2)C1=O. The van der Waals surface area contributed by atoms with Crippen molar-refractivity contribution in [1.82, 2.24) is 15.4 Å². The molecule has 0 unspecified atom stereocenters. The monoisotopic (exact) mass is 308 g/mol. The number of rotatable bonds is 6. The average molecular weight is 308 g/mol. The molecule has 0 atom stereocenters. The van der Waals surface area contributed by atoms with Crippen molar-refractivity contribution < 1.29 is 18.9 Å². The van der Waals surface area contributed by atoms with Crippen LogP contribution in [0.2, 0.25) is 0 Å². The van der Waals surface area contributed by atoms with E-state index in [1.807, 2.05) is 13.8 Å². The zero-order valence-corrected chi connectivity index (χ0v) is 12.9. The first-order valence-corrected chi connectivity index (χ1v) is 7.29. The molecule has 4 amide bonds. The Morgan fingerprint density at radius 2 is 2.09 bits per heavy atom. The highest BCUT2D eigenvalue weighted by atomic mass is 16.5. The number of aryl methyl sites for hydroxylation is 1. The van der Waals surface area contributed by atoms with Crippen molar-refractivity contribution >= 4 is 23.7 Å². The Balaban J connectivity index is 1.92. The summed E-state index contributed by atoms with van der Waals surface area (Å²) in [6.07, 6.45) is 1.05. The molecule has 0 spiro atoms. The summed E-state index contributed by atoms with van der Waals surface area (Å²) >= 11 is 0. The first kappa shape index (κ1) is 16.0. The van der Waals surface area contributed by atoms with Crippen LogP contribution in [0.15, 0.2) is 10.6 Å². The fourth-order valence-electron chi connectivity index (χ4n) is 2.45. The minimum atomic E-state index is -0.837. The van der Waals surface area contributed by atoms with E-state index < -0.39 is 11.6 Å². The number of imide groups is 1. The molecule has 0 saturated carbocycles. The highest BCUT2D eigenvalue weighted by Gasteiger charge is 2.48. The molecular formula is C14H20N4O4. The van der Waals surface area contributed by atoms with Crippen LogP contribution in [0.4, 0.5) is 10.6 Å². The Morgan fingerprint density at radius 3 is 2.59 bits per heavy atom. The van der Waals surface area contributed by atoms with Gasteiger partial charge in [0, 0.05) is 19.0 Å². The third kappa shape index (κ3) is 2.95. The molecule has 0 radical (unpaired) electrons. The smallest absolute Gasteiger partial charge is 0.325 e. The summed E-state index contributed by atoms with van der Waals surface area (Å²) in [5.74, 6) is 0.295. The van der Waals surface area contributed by atoms with Crippen molar-refractivity contribution in [2.24, 2.45) is 0 Å². The summed E-state index contributed by atoms with van der Waals surface area (Å²) in [4.78, 5) is 37.2. The third-order valence-electron chi connectivity index (χ3n) is 3.91. The van der Waals surface area contributed by atoms with E-state index in [-0.39, 0.29) is 24.8 Å². The van der Waals surface area contributed by atoms with Gasteiger partial charge >= 0.3 is 6.03 Å². The minimum absolute atomic E-state index is 0.00851. The molecule has 1 aromatic heterocycles. The number of anilines is 1. The van der Waals surface area contributed by atoms with Gasteiger partial charge in [-0.1, -0.05) is 19.0 Å². The molecule has 2 N–H and O–H groups in total. The van der Waals surface area contributed by atoms with Gasteiger partial charge in [0.25, 0.3) is 5.91 Å². The summed E-state index contributed by atoms with van der Waals surface area (Å²) in [7, 11) is 0. The van der Waals surface area contributed by atoms with Gasteiger partial charge in [0.15, 0.2) is 5.82 Å². The van der Waals surface area contributed by atoms with Crippen LogP contribution < -0.4 is 10.6 Å². The maximum Gasteiger partial charge on any atom is 0.325 e. The number of aromatic nitrogens is 1. The molecule has 120 valence electrons. The lowest BCUT2D eigenvalue weighted by Gasteiger charge is -2.23. The molecule has 2 rings (SSSR count). The Kier molecular flexibility index (Phi) is 4.48. The molecule has 0 bridgehead atoms. The molecule has 1 fully saturated rings. The van der Waals surface area contributed by atoms with E-state index in [9.17, 15) is 14.4 Å². The molecule has 1 aromatic rings. The van der Waals surface area contributed by atoms with Crippen LogP contribution in [0.1, 0.15) is 38.9 Å². The number of hydrogen-bond acceptors (Lipinski definition) is 5. The fraction of sp³-hybridized carbons (Fsp3) is 0.571. The standard InChI is InChI=1S/C14H20N4O4/c1-4-14(5-2)12(20)18(13(21)16-14)7-6-11(19)15-10-8-9(3)22-17-10/h8H,4-7H2,1-3H3,(H,16,21)(H,15,17,19). The maximum absolute atomic E-state index is 12.4. The van der Waals surface area contributed by atoms with Crippen molar-refractivity contribution in [3.63, 3.8) is 0 Å². The van der Waals surface area contributed by atoms with Crippen LogP contribution in [-0.4, -0.2) is 40.0 Å². The summed E-state index contributed by atoms with van der Waals surface area (Å²) in [5.41, 5.74) is -0.837. The highest BCUT2D eigenvalue weighted by Crippen LogP contribution is 2.24. The van der Waals surface area contributed by atoms with E-state index in [4.69, 9.17) is 4.52 Å². The predicted octanol–water partition coefficient (Wildman–Crippen LogP) is 1.42. The van der Waals surface area contributed by atoms with Gasteiger partial charge in [-0.2, -0.15) is 0 Å². The summed E-state index contributed by atoms with van der Waals surface area (Å²) in [6.45, 7) is 5.45. The topological polar surface area (TPSA) is 105 Å². The minimum Gasteiger partial charge on any atom is -0.360 e. The zero-order valence-electron chi connectivity index (χ0n) is 12.9. The van der Waals surface area contributed by atoms with Gasteiger partial charge in [0.05, 0.1) is 0 Å². The van der Waals surface area contributed by atoms with Gasteiger partial charge in [0.2, 0.25) is 5.91 Å². The van der Waals surface area contributed by atoms with Crippen LogP contribution in [-0.2, 0) is 9.59 Å². The van der Waals surface area contributed by atoms with Gasteiger partial charge < -0.3 is 15.2 Å². The molecule has 8 heteroatoms. The molecule has 1 aliphatic rings. The van der Waals surface area contributed by atoms with Crippen LogP contribution in [0.3, 0.4) is 0 Å². The fourth-order valence-corrected chi connectivity index (χ4v) is 2.45. The lowest BCUT2D eigenvalue weighted by atomic mass is 9.93. The number of nitrogens with one attached hydrogen (secondary N) is 2. The van der Waals surface area contributed by atoms with E-state index in [0.717, 1.165) is 4.90 Å². The van der Waals surface area contributed by atoms with Crippen molar-refractivity contribution in [2.45, 2.75) is 45.6 Å². The van der Waals surface area contributed by atoms with Gasteiger partial charge in [0.1, 0.15) is 11.3 Å². The van der Waals surface area contributed by atoms with Crippen molar-refractivity contribution in [1.29, 1.82) is 0 Å². The second-order valence-electron chi connectivity index (χ2n) is 5.30. The first-order valence-electron chi connectivity index (χ1n) is 7.29. The molecule has 2 heterocycles. The molecular weight excluding hydrogens is 288 g/mol. The Labute approximate surface area is 128 Å². The zero-order chi connectivity index (χ0) is 16.3. The second-order valence-corrected chi connectivity index (χ2v) is 5.30. The Bertz CT molecular complexity index is 591. The van der Waals surface area contributed by atoms with Gasteiger partial charge in [-0.3, -0.25) is 14.5 Å². The Morgan fingerprint density at radius 1 is 1.41 bits per heavy atom. The van der Waals surface area contributed by atoms with Gasteiger partial charge in [-0.15, -0.1) is 0 Å². The van der Waals surface area contributed by atoms with E-state index >= 15 is 0 Å². The van der Waals surface area contributed by atoms with Crippen molar-refractivity contribution in [3.05, 3.63) is 11.8 Å². The summed E-state index contributed by atoms with van der Waals surface area (Å²) in [6, 6.07) is 1.14. The predicted molar refractivity (Wildman–Crippen MR) is 78.0 cm³/mol. The number of urea groups is 1. The van der Waals surface area contributed by atoms with Gasteiger partial charge in [-0.25, -0.2) is 4.79 Å². The number of hydrogen-bond donors (Lipinski definition) is 2. The van der Waals surface area contributed by atoms with E-state index in [1.165, 1.54) is 0 Å². The summed E-state index contributed by atoms with van der Waals surface area (Å²) < 4.78 is 4.84. The normalized spacial score (nSPS) is 16.8. The van der Waals surface area contributed by atoms with E-state index in [0.29, 0.717) is 24.4 Å². The molecule has 1 saturated heterocycles. The summed E-state index contributed by atoms with van der Waals surface area (Å²) in [5, 5.41) is 8.92. The van der Waals surface area contributed by atoms with Crippen LogP contribution in [0.5, 0.6) is 0 Å². The lowest BCUT2D eigenvalue weighted by Crippen LogP contribution is -2.45. The van der Waals surface area contributed by atoms with E-state index in [2.05, 4.69) is 15.8 Å².